The van der Waals surface area contributed by atoms with Gasteiger partial charge in [-0.3, -0.25) is 4.68 Å². The number of aryl methyl sites for hydroxylation is 3. The number of alkyl halides is 2. The highest BCUT2D eigenvalue weighted by Gasteiger charge is 2.26. The molecule has 170 valence electrons. The van der Waals surface area contributed by atoms with Crippen LogP contribution < -0.4 is 0 Å². The maximum atomic E-state index is 14.4. The fourth-order valence-electron chi connectivity index (χ4n) is 3.81. The molecule has 0 spiro atoms. The number of nitrogens with zero attached hydrogens (tertiary/aromatic N) is 2. The molecule has 3 aromatic carbocycles. The number of sulfone groups is 1. The third-order valence-corrected chi connectivity index (χ3v) is 6.68. The molecule has 0 radical (unpaired) electrons. The van der Waals surface area contributed by atoms with Gasteiger partial charge < -0.3 is 0 Å². The summed E-state index contributed by atoms with van der Waals surface area (Å²) in [4.78, 5) is 0.167. The minimum atomic E-state index is -3.37. The van der Waals surface area contributed by atoms with Gasteiger partial charge in [0, 0.05) is 23.9 Å². The molecule has 0 atom stereocenters. The van der Waals surface area contributed by atoms with Crippen LogP contribution in [-0.2, 0) is 22.8 Å². The van der Waals surface area contributed by atoms with Crippen molar-refractivity contribution in [1.82, 2.24) is 9.78 Å². The lowest BCUT2D eigenvalue weighted by Gasteiger charge is -2.10. The molecule has 0 amide bonds. The molecule has 0 aliphatic heterocycles. The van der Waals surface area contributed by atoms with Crippen LogP contribution in [0.2, 0.25) is 0 Å². The monoisotopic (exact) mass is 466 g/mol. The molecule has 0 aliphatic rings. The van der Waals surface area contributed by atoms with Crippen molar-refractivity contribution < 1.29 is 17.2 Å². The summed E-state index contributed by atoms with van der Waals surface area (Å²) in [6.45, 7) is 2.23. The van der Waals surface area contributed by atoms with Crippen LogP contribution in [0.1, 0.15) is 23.2 Å². The number of benzene rings is 3. The molecule has 0 saturated heterocycles. The molecule has 1 heterocycles. The minimum absolute atomic E-state index is 0.142. The Morgan fingerprint density at radius 1 is 0.879 bits per heavy atom. The molecule has 1 aromatic heterocycles. The van der Waals surface area contributed by atoms with E-state index in [-0.39, 0.29) is 10.6 Å². The summed E-state index contributed by atoms with van der Waals surface area (Å²) in [5.41, 5.74) is 3.91. The van der Waals surface area contributed by atoms with E-state index in [0.29, 0.717) is 35.3 Å². The molecule has 4 aromatic rings. The first-order valence-corrected chi connectivity index (χ1v) is 12.4. The average molecular weight is 467 g/mol. The fraction of sp³-hybridized carbons (Fsp3) is 0.192. The number of aromatic nitrogens is 2. The summed E-state index contributed by atoms with van der Waals surface area (Å²) >= 11 is 0. The molecule has 4 nitrogen and oxygen atoms in total. The van der Waals surface area contributed by atoms with E-state index in [2.05, 4.69) is 5.10 Å². The van der Waals surface area contributed by atoms with Crippen LogP contribution in [0.25, 0.3) is 22.4 Å². The van der Waals surface area contributed by atoms with Crippen LogP contribution in [0.5, 0.6) is 0 Å². The highest BCUT2D eigenvalue weighted by Crippen LogP contribution is 2.39. The molecule has 0 fully saturated rings. The first kappa shape index (κ1) is 22.9. The van der Waals surface area contributed by atoms with Gasteiger partial charge in [0.25, 0.3) is 6.43 Å². The molecule has 0 aliphatic carbocycles. The lowest BCUT2D eigenvalue weighted by molar-refractivity contribution is 0.139. The van der Waals surface area contributed by atoms with Crippen molar-refractivity contribution in [3.63, 3.8) is 0 Å². The van der Waals surface area contributed by atoms with E-state index >= 15 is 0 Å². The summed E-state index contributed by atoms with van der Waals surface area (Å²) in [5.74, 6) is 0. The summed E-state index contributed by atoms with van der Waals surface area (Å²) in [6, 6.07) is 23.2. The summed E-state index contributed by atoms with van der Waals surface area (Å²) in [7, 11) is -3.37. The zero-order chi connectivity index (χ0) is 23.6. The predicted molar refractivity (Wildman–Crippen MR) is 126 cm³/mol. The Bertz CT molecular complexity index is 1350. The quantitative estimate of drug-likeness (QED) is 0.330. The van der Waals surface area contributed by atoms with Crippen LogP contribution in [0.15, 0.2) is 83.8 Å². The van der Waals surface area contributed by atoms with Gasteiger partial charge in [0.1, 0.15) is 11.4 Å². The van der Waals surface area contributed by atoms with Crippen molar-refractivity contribution in [2.75, 3.05) is 6.26 Å². The van der Waals surface area contributed by atoms with Crippen molar-refractivity contribution in [3.8, 4) is 22.4 Å². The molecule has 0 saturated carbocycles. The van der Waals surface area contributed by atoms with Crippen LogP contribution in [0.3, 0.4) is 0 Å². The van der Waals surface area contributed by atoms with E-state index in [9.17, 15) is 17.2 Å². The van der Waals surface area contributed by atoms with Gasteiger partial charge in [-0.15, -0.1) is 0 Å². The zero-order valence-corrected chi connectivity index (χ0v) is 19.2. The summed E-state index contributed by atoms with van der Waals surface area (Å²) in [5, 5.41) is 4.59. The van der Waals surface area contributed by atoms with Crippen molar-refractivity contribution in [2.45, 2.75) is 31.2 Å². The molecular formula is C26H24F2N2O2S. The SMILES string of the molecule is Cc1ccc(-c2c(-c3ccc(S(C)(=O)=O)cc3)nn(CCc3ccccc3)c2C(F)F)cc1. The summed E-state index contributed by atoms with van der Waals surface area (Å²) < 4.78 is 53.9. The van der Waals surface area contributed by atoms with Crippen LogP contribution in [0, 0.1) is 6.92 Å². The fourth-order valence-corrected chi connectivity index (χ4v) is 4.44. The van der Waals surface area contributed by atoms with Crippen molar-refractivity contribution in [2.24, 2.45) is 0 Å². The molecule has 0 N–H and O–H groups in total. The Hall–Kier alpha value is -3.32. The smallest absolute Gasteiger partial charge is 0.262 e. The maximum Gasteiger partial charge on any atom is 0.280 e. The standard InChI is InChI=1S/C26H24F2N2O2S/c1-18-8-10-20(11-9-18)23-24(21-12-14-22(15-13-21)33(2,31)32)29-30(25(23)26(27)28)17-16-19-6-4-3-5-7-19/h3-15,26H,16-17H2,1-2H3. The lowest BCUT2D eigenvalue weighted by Crippen LogP contribution is -2.08. The van der Waals surface area contributed by atoms with Crippen molar-refractivity contribution in [1.29, 1.82) is 0 Å². The summed E-state index contributed by atoms with van der Waals surface area (Å²) in [6.07, 6.45) is -1.04. The third kappa shape index (κ3) is 5.03. The number of hydrogen-bond acceptors (Lipinski definition) is 3. The van der Waals surface area contributed by atoms with Gasteiger partial charge in [0.05, 0.1) is 4.90 Å². The van der Waals surface area contributed by atoms with E-state index in [4.69, 9.17) is 0 Å². The van der Waals surface area contributed by atoms with Gasteiger partial charge in [-0.25, -0.2) is 17.2 Å². The zero-order valence-electron chi connectivity index (χ0n) is 18.4. The molecule has 0 bridgehead atoms. The largest absolute Gasteiger partial charge is 0.280 e. The second-order valence-electron chi connectivity index (χ2n) is 8.03. The Morgan fingerprint density at radius 2 is 1.48 bits per heavy atom. The van der Waals surface area contributed by atoms with Crippen LogP contribution in [0.4, 0.5) is 8.78 Å². The van der Waals surface area contributed by atoms with Crippen LogP contribution >= 0.6 is 0 Å². The number of rotatable bonds is 7. The molecule has 4 rings (SSSR count). The van der Waals surface area contributed by atoms with Crippen LogP contribution in [-0.4, -0.2) is 24.5 Å². The van der Waals surface area contributed by atoms with Gasteiger partial charge in [-0.1, -0.05) is 72.3 Å². The van der Waals surface area contributed by atoms with Gasteiger partial charge in [0.15, 0.2) is 9.84 Å². The molecule has 33 heavy (non-hydrogen) atoms. The van der Waals surface area contributed by atoms with E-state index < -0.39 is 16.3 Å². The van der Waals surface area contributed by atoms with Gasteiger partial charge in [0.2, 0.25) is 0 Å². The van der Waals surface area contributed by atoms with E-state index in [0.717, 1.165) is 17.4 Å². The Balaban J connectivity index is 1.85. The predicted octanol–water partition coefficient (Wildman–Crippen LogP) is 6.11. The first-order chi connectivity index (χ1) is 15.7. The Kier molecular flexibility index (Phi) is 6.42. The van der Waals surface area contributed by atoms with E-state index in [1.807, 2.05) is 61.5 Å². The highest BCUT2D eigenvalue weighted by atomic mass is 32.2. The average Bonchev–Trinajstić information content (AvgIpc) is 3.18. The van der Waals surface area contributed by atoms with Gasteiger partial charge in [-0.05, 0) is 36.6 Å². The Morgan fingerprint density at radius 3 is 2.06 bits per heavy atom. The van der Waals surface area contributed by atoms with E-state index in [1.54, 1.807) is 12.1 Å². The first-order valence-electron chi connectivity index (χ1n) is 10.5. The topological polar surface area (TPSA) is 52.0 Å². The van der Waals surface area contributed by atoms with Crippen molar-refractivity contribution in [3.05, 3.63) is 95.7 Å². The molecule has 7 heteroatoms. The number of halogens is 2. The molecular weight excluding hydrogens is 442 g/mol. The Labute approximate surface area is 192 Å². The van der Waals surface area contributed by atoms with Crippen molar-refractivity contribution >= 4 is 9.84 Å². The number of hydrogen-bond donors (Lipinski definition) is 0. The molecule has 0 unspecified atom stereocenters. The highest BCUT2D eigenvalue weighted by molar-refractivity contribution is 7.90. The van der Waals surface area contributed by atoms with E-state index in [1.165, 1.54) is 16.8 Å². The van der Waals surface area contributed by atoms with Gasteiger partial charge >= 0.3 is 0 Å². The third-order valence-electron chi connectivity index (χ3n) is 5.55. The lowest BCUT2D eigenvalue weighted by atomic mass is 9.98. The normalized spacial score (nSPS) is 11.8. The van der Waals surface area contributed by atoms with Gasteiger partial charge in [-0.2, -0.15) is 5.10 Å². The minimum Gasteiger partial charge on any atom is -0.262 e. The second-order valence-corrected chi connectivity index (χ2v) is 10.0. The maximum absolute atomic E-state index is 14.4. The second kappa shape index (κ2) is 9.27.